The van der Waals surface area contributed by atoms with E-state index in [2.05, 4.69) is 9.98 Å². The van der Waals surface area contributed by atoms with Gasteiger partial charge >= 0.3 is 5.97 Å². The lowest BCUT2D eigenvalue weighted by atomic mass is 9.95. The first kappa shape index (κ1) is 21.9. The van der Waals surface area contributed by atoms with E-state index in [1.54, 1.807) is 25.5 Å². The molecule has 3 heterocycles. The Morgan fingerprint density at radius 3 is 2.85 bits per heavy atom. The summed E-state index contributed by atoms with van der Waals surface area (Å²) >= 11 is 1.30. The lowest BCUT2D eigenvalue weighted by Gasteiger charge is -2.24. The van der Waals surface area contributed by atoms with Crippen LogP contribution in [0.5, 0.6) is 5.75 Å². The minimum Gasteiger partial charge on any atom is -0.497 e. The van der Waals surface area contributed by atoms with Gasteiger partial charge in [0.25, 0.3) is 5.56 Å². The normalized spacial score (nSPS) is 15.9. The number of aromatic nitrogens is 2. The number of esters is 1. The highest BCUT2D eigenvalue weighted by Crippen LogP contribution is 2.32. The van der Waals surface area contributed by atoms with Gasteiger partial charge in [-0.1, -0.05) is 41.7 Å². The van der Waals surface area contributed by atoms with Gasteiger partial charge < -0.3 is 14.5 Å². The van der Waals surface area contributed by atoms with Crippen molar-refractivity contribution < 1.29 is 14.3 Å². The SMILES string of the molecule is CCOC(=O)C1=C(C)N=c2s/c(=C/c3c[nH]c4ccccc34)c(=O)n2[C@@H]1c1cccc(OC)c1. The standard InChI is InChI=1S/C26H23N3O4S/c1-4-33-25(31)22-15(2)28-26-29(23(22)16-8-7-9-18(12-16)32-3)24(30)21(34-26)13-17-14-27-20-11-6-5-10-19(17)20/h5-14,23,27H,4H2,1-3H3/b21-13+/t23-/m1/s1. The van der Waals surface area contributed by atoms with Gasteiger partial charge in [-0.05, 0) is 43.7 Å². The number of hydrogen-bond acceptors (Lipinski definition) is 6. The van der Waals surface area contributed by atoms with Crippen molar-refractivity contribution in [3.63, 3.8) is 0 Å². The number of benzene rings is 2. The van der Waals surface area contributed by atoms with Gasteiger partial charge in [0.05, 0.1) is 35.6 Å². The Hall–Kier alpha value is -3.91. The van der Waals surface area contributed by atoms with Gasteiger partial charge in [0.2, 0.25) is 0 Å². The number of nitrogens with zero attached hydrogens (tertiary/aromatic N) is 2. The van der Waals surface area contributed by atoms with Crippen LogP contribution in [0.25, 0.3) is 17.0 Å². The van der Waals surface area contributed by atoms with E-state index in [0.717, 1.165) is 22.0 Å². The summed E-state index contributed by atoms with van der Waals surface area (Å²) in [5.74, 6) is 0.152. The second-order valence-corrected chi connectivity index (χ2v) is 8.88. The number of methoxy groups -OCH3 is 1. The van der Waals surface area contributed by atoms with E-state index >= 15 is 0 Å². The summed E-state index contributed by atoms with van der Waals surface area (Å²) < 4.78 is 12.9. The third-order valence-electron chi connectivity index (χ3n) is 5.83. The highest BCUT2D eigenvalue weighted by molar-refractivity contribution is 7.07. The van der Waals surface area contributed by atoms with Crippen LogP contribution in [-0.4, -0.2) is 29.2 Å². The number of allylic oxidation sites excluding steroid dienone is 1. The molecule has 5 rings (SSSR count). The summed E-state index contributed by atoms with van der Waals surface area (Å²) in [4.78, 5) is 35.1. The maximum atomic E-state index is 13.7. The van der Waals surface area contributed by atoms with Crippen LogP contribution in [0.4, 0.5) is 0 Å². The second-order valence-electron chi connectivity index (χ2n) is 7.87. The summed E-state index contributed by atoms with van der Waals surface area (Å²) in [6.45, 7) is 3.76. The average molecular weight is 474 g/mol. The molecule has 0 saturated heterocycles. The summed E-state index contributed by atoms with van der Waals surface area (Å²) in [5.41, 5.74) is 3.33. The molecule has 8 heteroatoms. The lowest BCUT2D eigenvalue weighted by molar-refractivity contribution is -0.139. The van der Waals surface area contributed by atoms with Crippen molar-refractivity contribution in [1.29, 1.82) is 0 Å². The van der Waals surface area contributed by atoms with Crippen LogP contribution in [0.2, 0.25) is 0 Å². The van der Waals surface area contributed by atoms with Gasteiger partial charge in [0.1, 0.15) is 5.75 Å². The molecule has 1 atom stereocenters. The third kappa shape index (κ3) is 3.66. The molecule has 0 amide bonds. The number of rotatable bonds is 5. The Balaban J connectivity index is 1.75. The Morgan fingerprint density at radius 2 is 2.06 bits per heavy atom. The van der Waals surface area contributed by atoms with Crippen molar-refractivity contribution in [2.75, 3.05) is 13.7 Å². The molecule has 0 radical (unpaired) electrons. The Bertz CT molecular complexity index is 1620. The zero-order valence-electron chi connectivity index (χ0n) is 19.0. The van der Waals surface area contributed by atoms with Crippen LogP contribution in [0, 0.1) is 0 Å². The number of carbonyl (C=O) groups excluding carboxylic acids is 1. The zero-order valence-corrected chi connectivity index (χ0v) is 19.8. The van der Waals surface area contributed by atoms with E-state index in [1.807, 2.05) is 60.8 Å². The predicted molar refractivity (Wildman–Crippen MR) is 132 cm³/mol. The number of ether oxygens (including phenoxy) is 2. The van der Waals surface area contributed by atoms with E-state index in [0.29, 0.717) is 26.4 Å². The summed E-state index contributed by atoms with van der Waals surface area (Å²) in [7, 11) is 1.58. The van der Waals surface area contributed by atoms with E-state index in [9.17, 15) is 9.59 Å². The van der Waals surface area contributed by atoms with Crippen LogP contribution in [0.15, 0.2) is 75.8 Å². The molecule has 1 N–H and O–H groups in total. The molecule has 172 valence electrons. The van der Waals surface area contributed by atoms with Gasteiger partial charge in [-0.3, -0.25) is 9.36 Å². The fraction of sp³-hybridized carbons (Fsp3) is 0.192. The minimum absolute atomic E-state index is 0.212. The zero-order chi connectivity index (χ0) is 23.8. The molecule has 2 aromatic carbocycles. The van der Waals surface area contributed by atoms with Gasteiger partial charge in [-0.2, -0.15) is 0 Å². The second kappa shape index (κ2) is 8.79. The number of carbonyl (C=O) groups is 1. The van der Waals surface area contributed by atoms with Crippen LogP contribution in [-0.2, 0) is 9.53 Å². The molecular formula is C26H23N3O4S. The lowest BCUT2D eigenvalue weighted by Crippen LogP contribution is -2.39. The molecule has 34 heavy (non-hydrogen) atoms. The fourth-order valence-corrected chi connectivity index (χ4v) is 5.31. The van der Waals surface area contributed by atoms with Crippen LogP contribution >= 0.6 is 11.3 Å². The Labute approximate surface area is 199 Å². The van der Waals surface area contributed by atoms with Crippen molar-refractivity contribution in [1.82, 2.24) is 9.55 Å². The van der Waals surface area contributed by atoms with E-state index in [4.69, 9.17) is 9.47 Å². The Kier molecular flexibility index (Phi) is 5.67. The van der Waals surface area contributed by atoms with Crippen molar-refractivity contribution in [2.45, 2.75) is 19.9 Å². The number of H-pyrrole nitrogens is 1. The van der Waals surface area contributed by atoms with E-state index < -0.39 is 12.0 Å². The monoisotopic (exact) mass is 473 g/mol. The molecule has 0 saturated carbocycles. The topological polar surface area (TPSA) is 85.7 Å². The number of aromatic amines is 1. The highest BCUT2D eigenvalue weighted by Gasteiger charge is 2.33. The van der Waals surface area contributed by atoms with E-state index in [-0.39, 0.29) is 12.2 Å². The van der Waals surface area contributed by atoms with Gasteiger partial charge in [0.15, 0.2) is 4.80 Å². The van der Waals surface area contributed by atoms with E-state index in [1.165, 1.54) is 11.3 Å². The summed E-state index contributed by atoms with van der Waals surface area (Å²) in [6.07, 6.45) is 3.76. The molecule has 1 aliphatic heterocycles. The molecule has 2 aromatic heterocycles. The summed E-state index contributed by atoms with van der Waals surface area (Å²) in [5, 5.41) is 1.03. The van der Waals surface area contributed by atoms with Crippen molar-refractivity contribution in [3.05, 3.63) is 96.8 Å². The van der Waals surface area contributed by atoms with Crippen LogP contribution in [0.1, 0.15) is 31.0 Å². The molecule has 0 fully saturated rings. The first-order valence-corrected chi connectivity index (χ1v) is 11.7. The molecular weight excluding hydrogens is 450 g/mol. The average Bonchev–Trinajstić information content (AvgIpc) is 3.39. The van der Waals surface area contributed by atoms with Crippen molar-refractivity contribution in [3.8, 4) is 5.75 Å². The molecule has 4 aromatic rings. The molecule has 1 aliphatic rings. The minimum atomic E-state index is -0.671. The quantitative estimate of drug-likeness (QED) is 0.451. The van der Waals surface area contributed by atoms with Gasteiger partial charge in [-0.15, -0.1) is 0 Å². The highest BCUT2D eigenvalue weighted by atomic mass is 32.1. The van der Waals surface area contributed by atoms with Gasteiger partial charge in [0, 0.05) is 22.7 Å². The van der Waals surface area contributed by atoms with Crippen molar-refractivity contribution in [2.24, 2.45) is 4.99 Å². The van der Waals surface area contributed by atoms with Gasteiger partial charge in [-0.25, -0.2) is 9.79 Å². The number of fused-ring (bicyclic) bond motifs is 2. The Morgan fingerprint density at radius 1 is 1.24 bits per heavy atom. The molecule has 0 bridgehead atoms. The van der Waals surface area contributed by atoms with Crippen molar-refractivity contribution >= 4 is 34.3 Å². The summed E-state index contributed by atoms with van der Waals surface area (Å²) in [6, 6.07) is 14.6. The molecule has 7 nitrogen and oxygen atoms in total. The largest absolute Gasteiger partial charge is 0.497 e. The van der Waals surface area contributed by atoms with Crippen LogP contribution in [0.3, 0.4) is 0 Å². The smallest absolute Gasteiger partial charge is 0.338 e. The fourth-order valence-electron chi connectivity index (χ4n) is 4.27. The number of nitrogens with one attached hydrogen (secondary N) is 1. The predicted octanol–water partition coefficient (Wildman–Crippen LogP) is 3.29. The maximum absolute atomic E-state index is 13.7. The maximum Gasteiger partial charge on any atom is 0.338 e. The molecule has 0 unspecified atom stereocenters. The molecule has 0 spiro atoms. The number of thiazole rings is 1. The first-order chi connectivity index (χ1) is 16.5. The third-order valence-corrected chi connectivity index (χ3v) is 6.82. The van der Waals surface area contributed by atoms with Crippen LogP contribution < -0.4 is 19.6 Å². The number of para-hydroxylation sites is 1. The first-order valence-electron chi connectivity index (χ1n) is 10.9. The number of hydrogen-bond donors (Lipinski definition) is 1. The molecule has 0 aliphatic carbocycles.